The van der Waals surface area contributed by atoms with Crippen molar-refractivity contribution in [1.82, 2.24) is 5.32 Å². The van der Waals surface area contributed by atoms with Crippen LogP contribution in [0.4, 0.5) is 0 Å². The molecule has 2 aliphatic heterocycles. The Morgan fingerprint density at radius 1 is 0.966 bits per heavy atom. The third-order valence-corrected chi connectivity index (χ3v) is 4.75. The van der Waals surface area contributed by atoms with Crippen LogP contribution in [0.1, 0.15) is 27.7 Å². The Labute approximate surface area is 171 Å². The molecule has 0 amide bonds. The van der Waals surface area contributed by atoms with Crippen molar-refractivity contribution < 1.29 is 42.9 Å². The lowest BCUT2D eigenvalue weighted by molar-refractivity contribution is -0.254. The van der Waals surface area contributed by atoms with Gasteiger partial charge in [0.05, 0.1) is 6.54 Å². The van der Waals surface area contributed by atoms with Gasteiger partial charge < -0.3 is 29.0 Å². The summed E-state index contributed by atoms with van der Waals surface area (Å²) in [6.45, 7) is 5.09. The molecule has 1 fully saturated rings. The summed E-state index contributed by atoms with van der Waals surface area (Å²) in [6.07, 6.45) is -5.47. The lowest BCUT2D eigenvalue weighted by Gasteiger charge is -2.44. The van der Waals surface area contributed by atoms with Crippen molar-refractivity contribution in [2.45, 2.75) is 58.3 Å². The normalized spacial score (nSPS) is 28.7. The molecule has 2 heterocycles. The highest BCUT2D eigenvalue weighted by molar-refractivity contribution is 8.14. The Balaban J connectivity index is 2.37. The fraction of sp³-hybridized carbons (Fsp3) is 0.706. The minimum absolute atomic E-state index is 0.268. The summed E-state index contributed by atoms with van der Waals surface area (Å²) in [7, 11) is 0. The van der Waals surface area contributed by atoms with Gasteiger partial charge in [-0.2, -0.15) is 0 Å². The van der Waals surface area contributed by atoms with E-state index >= 15 is 0 Å². The average Bonchev–Trinajstić information content (AvgIpc) is 3.10. The SMILES string of the molecule is CC(=O)OC[C@H]1O[C@@H](NC2=NCCS2)[C@H](OC(C)=O)[C@@H](OC(C)=O)[C@@H]1OC(C)=O. The highest BCUT2D eigenvalue weighted by Crippen LogP contribution is 2.29. The Bertz CT molecular complexity index is 684. The number of nitrogens with one attached hydrogen (secondary N) is 1. The van der Waals surface area contributed by atoms with Crippen molar-refractivity contribution >= 4 is 40.8 Å². The van der Waals surface area contributed by atoms with Crippen LogP contribution < -0.4 is 5.32 Å². The number of hydrogen-bond acceptors (Lipinski definition) is 12. The van der Waals surface area contributed by atoms with Crippen LogP contribution in [0.2, 0.25) is 0 Å². The predicted molar refractivity (Wildman–Crippen MR) is 99.9 cm³/mol. The predicted octanol–water partition coefficient (Wildman–Crippen LogP) is -0.238. The fourth-order valence-electron chi connectivity index (χ4n) is 2.89. The van der Waals surface area contributed by atoms with E-state index in [0.29, 0.717) is 11.7 Å². The number of carbonyl (C=O) groups is 4. The first-order valence-corrected chi connectivity index (χ1v) is 9.90. The maximum absolute atomic E-state index is 11.7. The summed E-state index contributed by atoms with van der Waals surface area (Å²) in [5, 5.41) is 3.57. The first-order chi connectivity index (χ1) is 13.7. The van der Waals surface area contributed by atoms with E-state index in [1.54, 1.807) is 0 Å². The summed E-state index contributed by atoms with van der Waals surface area (Å²) in [5.74, 6) is -1.80. The number of thioether (sulfide) groups is 1. The van der Waals surface area contributed by atoms with Crippen LogP contribution in [0.15, 0.2) is 4.99 Å². The van der Waals surface area contributed by atoms with Crippen molar-refractivity contribution in [2.75, 3.05) is 18.9 Å². The largest absolute Gasteiger partial charge is 0.463 e. The van der Waals surface area contributed by atoms with Crippen molar-refractivity contribution in [2.24, 2.45) is 4.99 Å². The minimum atomic E-state index is -1.20. The van der Waals surface area contributed by atoms with Gasteiger partial charge in [0.15, 0.2) is 29.7 Å². The molecular formula is C17H24N2O9S. The van der Waals surface area contributed by atoms with Crippen LogP contribution in [-0.2, 0) is 42.9 Å². The Hall–Kier alpha value is -2.34. The van der Waals surface area contributed by atoms with E-state index in [9.17, 15) is 19.2 Å². The van der Waals surface area contributed by atoms with Crippen molar-refractivity contribution in [3.63, 3.8) is 0 Å². The second-order valence-electron chi connectivity index (χ2n) is 6.30. The zero-order chi connectivity index (χ0) is 21.6. The molecule has 29 heavy (non-hydrogen) atoms. The molecule has 0 bridgehead atoms. The van der Waals surface area contributed by atoms with Crippen LogP contribution in [-0.4, -0.2) is 78.6 Å². The van der Waals surface area contributed by atoms with Crippen molar-refractivity contribution in [3.8, 4) is 0 Å². The highest BCUT2D eigenvalue weighted by Gasteiger charge is 2.52. The molecule has 1 saturated heterocycles. The van der Waals surface area contributed by atoms with Crippen LogP contribution in [0.25, 0.3) is 0 Å². The van der Waals surface area contributed by atoms with E-state index in [-0.39, 0.29) is 6.61 Å². The summed E-state index contributed by atoms with van der Waals surface area (Å²) >= 11 is 1.44. The van der Waals surface area contributed by atoms with Gasteiger partial charge in [0.25, 0.3) is 0 Å². The van der Waals surface area contributed by atoms with E-state index in [2.05, 4.69) is 10.3 Å². The highest BCUT2D eigenvalue weighted by atomic mass is 32.2. The molecule has 0 aliphatic carbocycles. The fourth-order valence-corrected chi connectivity index (χ4v) is 3.65. The number of ether oxygens (including phenoxy) is 5. The molecular weight excluding hydrogens is 408 g/mol. The lowest BCUT2D eigenvalue weighted by Crippen LogP contribution is -2.66. The zero-order valence-corrected chi connectivity index (χ0v) is 17.4. The molecule has 0 unspecified atom stereocenters. The second kappa shape index (κ2) is 10.4. The first kappa shape index (κ1) is 22.9. The smallest absolute Gasteiger partial charge is 0.303 e. The zero-order valence-electron chi connectivity index (χ0n) is 16.5. The number of nitrogens with zero attached hydrogens (tertiary/aromatic N) is 1. The number of carbonyl (C=O) groups excluding carboxylic acids is 4. The van der Waals surface area contributed by atoms with E-state index in [0.717, 1.165) is 5.75 Å². The van der Waals surface area contributed by atoms with E-state index < -0.39 is 54.5 Å². The van der Waals surface area contributed by atoms with Crippen molar-refractivity contribution in [1.29, 1.82) is 0 Å². The van der Waals surface area contributed by atoms with Crippen LogP contribution >= 0.6 is 11.8 Å². The number of esters is 4. The Morgan fingerprint density at radius 3 is 2.07 bits per heavy atom. The molecule has 0 saturated carbocycles. The van der Waals surface area contributed by atoms with E-state index in [4.69, 9.17) is 23.7 Å². The van der Waals surface area contributed by atoms with Gasteiger partial charge in [-0.25, -0.2) is 0 Å². The van der Waals surface area contributed by atoms with Gasteiger partial charge in [-0.1, -0.05) is 11.8 Å². The summed E-state index contributed by atoms with van der Waals surface area (Å²) in [5.41, 5.74) is 0. The molecule has 0 aromatic carbocycles. The molecule has 0 radical (unpaired) electrons. The van der Waals surface area contributed by atoms with Gasteiger partial charge in [0.2, 0.25) is 0 Å². The van der Waals surface area contributed by atoms with Crippen molar-refractivity contribution in [3.05, 3.63) is 0 Å². The maximum Gasteiger partial charge on any atom is 0.303 e. The topological polar surface area (TPSA) is 139 Å². The van der Waals surface area contributed by atoms with Gasteiger partial charge in [0, 0.05) is 33.4 Å². The molecule has 2 aliphatic rings. The lowest BCUT2D eigenvalue weighted by atomic mass is 9.97. The molecule has 162 valence electrons. The standard InChI is InChI=1S/C17H24N2O9S/c1-8(20)24-7-12-13(25-9(2)21)14(26-10(3)22)15(27-11(4)23)16(28-12)19-17-18-5-6-29-17/h12-16H,5-7H2,1-4H3,(H,18,19)/t12-,13-,14+,15-,16-/m1/s1. The number of aliphatic imine (C=N–C) groups is 1. The van der Waals surface area contributed by atoms with Crippen LogP contribution in [0.3, 0.4) is 0 Å². The third-order valence-electron chi connectivity index (χ3n) is 3.84. The quantitative estimate of drug-likeness (QED) is 0.439. The molecule has 0 aromatic heterocycles. The number of rotatable bonds is 6. The molecule has 5 atom stereocenters. The maximum atomic E-state index is 11.7. The number of amidine groups is 1. The molecule has 0 aromatic rings. The molecule has 11 nitrogen and oxygen atoms in total. The molecule has 2 rings (SSSR count). The van der Waals surface area contributed by atoms with Gasteiger partial charge in [0.1, 0.15) is 12.7 Å². The molecule has 12 heteroatoms. The summed E-state index contributed by atoms with van der Waals surface area (Å²) in [6, 6.07) is 0. The first-order valence-electron chi connectivity index (χ1n) is 8.91. The van der Waals surface area contributed by atoms with Gasteiger partial charge in [-0.05, 0) is 0 Å². The average molecular weight is 432 g/mol. The van der Waals surface area contributed by atoms with E-state index in [1.165, 1.54) is 39.5 Å². The van der Waals surface area contributed by atoms with Crippen LogP contribution in [0, 0.1) is 0 Å². The Morgan fingerprint density at radius 2 is 1.55 bits per heavy atom. The monoisotopic (exact) mass is 432 g/mol. The number of hydrogen-bond donors (Lipinski definition) is 1. The van der Waals surface area contributed by atoms with Gasteiger partial charge in [-0.15, -0.1) is 0 Å². The summed E-state index contributed by atoms with van der Waals surface area (Å²) in [4.78, 5) is 50.6. The third kappa shape index (κ3) is 6.89. The minimum Gasteiger partial charge on any atom is -0.463 e. The van der Waals surface area contributed by atoms with Gasteiger partial charge >= 0.3 is 23.9 Å². The van der Waals surface area contributed by atoms with Crippen LogP contribution in [0.5, 0.6) is 0 Å². The molecule has 1 N–H and O–H groups in total. The Kier molecular flexibility index (Phi) is 8.26. The molecule has 0 spiro atoms. The second-order valence-corrected chi connectivity index (χ2v) is 7.38. The van der Waals surface area contributed by atoms with E-state index in [1.807, 2.05) is 0 Å². The summed E-state index contributed by atoms with van der Waals surface area (Å²) < 4.78 is 26.9. The van der Waals surface area contributed by atoms with Gasteiger partial charge in [-0.3, -0.25) is 24.2 Å².